The summed E-state index contributed by atoms with van der Waals surface area (Å²) in [7, 11) is 0. The van der Waals surface area contributed by atoms with Gasteiger partial charge >= 0.3 is 0 Å². The van der Waals surface area contributed by atoms with Gasteiger partial charge in [0.05, 0.1) is 32.0 Å². The molecule has 2 aliphatic rings. The normalized spacial score (nSPS) is 22.6. The highest BCUT2D eigenvalue weighted by atomic mass is 16.7. The van der Waals surface area contributed by atoms with E-state index in [-0.39, 0.29) is 18.9 Å². The van der Waals surface area contributed by atoms with Gasteiger partial charge in [-0.25, -0.2) is 0 Å². The van der Waals surface area contributed by atoms with Crippen LogP contribution in [-0.4, -0.2) is 140 Å². The molecule has 14 heteroatoms. The van der Waals surface area contributed by atoms with Crippen molar-refractivity contribution in [2.24, 2.45) is 0 Å². The molecule has 566 valence electrons. The van der Waals surface area contributed by atoms with Crippen LogP contribution in [0.1, 0.15) is 322 Å². The summed E-state index contributed by atoms with van der Waals surface area (Å²) in [5, 5.41) is 87.7. The number of aliphatic hydroxyl groups excluding tert-OH is 8. The number of hydrogen-bond acceptors (Lipinski definition) is 13. The van der Waals surface area contributed by atoms with Gasteiger partial charge in [0.2, 0.25) is 5.91 Å². The van der Waals surface area contributed by atoms with Crippen molar-refractivity contribution in [3.63, 3.8) is 0 Å². The Morgan fingerprint density at radius 3 is 1.08 bits per heavy atom. The average Bonchev–Trinajstić information content (AvgIpc) is 0.797. The number of amides is 1. The van der Waals surface area contributed by atoms with Crippen LogP contribution in [-0.2, 0) is 23.7 Å². The second-order valence-corrected chi connectivity index (χ2v) is 27.8. The molecule has 12 atom stereocenters. The molecular weight excluding hydrogens is 1230 g/mol. The van der Waals surface area contributed by atoms with Crippen LogP contribution in [0.2, 0.25) is 0 Å². The number of carbonyl (C=O) groups is 1. The summed E-state index contributed by atoms with van der Waals surface area (Å²) < 4.78 is 22.9. The number of hydrogen-bond donors (Lipinski definition) is 9. The van der Waals surface area contributed by atoms with E-state index in [1.165, 1.54) is 199 Å². The lowest BCUT2D eigenvalue weighted by Crippen LogP contribution is -2.65. The molecule has 0 aromatic rings. The molecule has 9 N–H and O–H groups in total. The molecule has 2 heterocycles. The lowest BCUT2D eigenvalue weighted by Gasteiger charge is -2.46. The quantitative estimate of drug-likeness (QED) is 0.0204. The Morgan fingerprint density at radius 1 is 0.378 bits per heavy atom. The fourth-order valence-electron chi connectivity index (χ4n) is 12.7. The van der Waals surface area contributed by atoms with Gasteiger partial charge in [-0.05, 0) is 83.5 Å². The number of unbranched alkanes of at least 4 members (excludes halogenated alkanes) is 37. The van der Waals surface area contributed by atoms with Crippen LogP contribution in [0.3, 0.4) is 0 Å². The third-order valence-electron chi connectivity index (χ3n) is 19.0. The monoisotopic (exact) mass is 1380 g/mol. The number of nitrogens with one attached hydrogen (secondary N) is 1. The van der Waals surface area contributed by atoms with Crippen molar-refractivity contribution in [2.45, 2.75) is 396 Å². The number of rotatable bonds is 66. The van der Waals surface area contributed by atoms with Gasteiger partial charge in [-0.2, -0.15) is 0 Å². The molecule has 0 aromatic carbocycles. The molecule has 0 aromatic heterocycles. The van der Waals surface area contributed by atoms with E-state index in [0.717, 1.165) is 96.3 Å². The summed E-state index contributed by atoms with van der Waals surface area (Å²) >= 11 is 0. The summed E-state index contributed by atoms with van der Waals surface area (Å²) in [6.07, 6.45) is 80.1. The summed E-state index contributed by atoms with van der Waals surface area (Å²) in [4.78, 5) is 13.4. The second kappa shape index (κ2) is 66.9. The van der Waals surface area contributed by atoms with Gasteiger partial charge in [-0.3, -0.25) is 4.79 Å². The van der Waals surface area contributed by atoms with Crippen molar-refractivity contribution in [2.75, 3.05) is 19.8 Å². The minimum atomic E-state index is -1.79. The van der Waals surface area contributed by atoms with E-state index < -0.39 is 86.8 Å². The molecule has 1 amide bonds. The average molecular weight is 1380 g/mol. The molecule has 98 heavy (non-hydrogen) atoms. The molecular formula is C84H147NO13. The Morgan fingerprint density at radius 2 is 0.704 bits per heavy atom. The van der Waals surface area contributed by atoms with Crippen LogP contribution in [0.25, 0.3) is 0 Å². The highest BCUT2D eigenvalue weighted by molar-refractivity contribution is 5.76. The SMILES string of the molecule is CC/C=C\C/C=C\C/C=C\C/C=C\C/C=C\C/C=C\C/C=C\C/C=C\CCCCCCCCCCCCC(=O)NC(COC1OC(CO)C(OC2OC(CO)C(O)C(O)C2O)C(O)C1O)C(O)/C=C/CCCCCCCCCCCCCCCCCCCCCCCCCCCCC. The molecule has 0 radical (unpaired) electrons. The molecule has 0 aliphatic carbocycles. The predicted molar refractivity (Wildman–Crippen MR) is 406 cm³/mol. The first-order chi connectivity index (χ1) is 48.1. The van der Waals surface area contributed by atoms with Crippen LogP contribution >= 0.6 is 0 Å². The Bertz CT molecular complexity index is 2070. The molecule has 2 rings (SSSR count). The standard InChI is InChI=1S/C84H147NO13/c1-3-5-7-9-11-13-15-17-19-21-23-25-27-29-31-33-34-35-36-37-38-40-42-44-46-48-50-52-54-56-58-60-62-64-66-68-76(89)85-72(71-95-83-81(94)79(92)82(75(70-87)97-83)98-84-80(93)78(91)77(90)74(69-86)96-84)73(88)67-65-63-61-59-57-55-53-51-49-47-45-43-41-39-32-30-28-26-24-22-20-18-16-14-12-10-8-6-4-2/h5,7,11,13,17,19,23,25,29,31,34-35,37-38,42,44,65,67,72-75,77-84,86-88,90-94H,3-4,6,8-10,12,14-16,18,20-22,24,26-28,30,32-33,36,39-41,43,45-64,66,68-71H2,1-2H3,(H,85,89)/b7-5-,13-11-,19-17-,25-23-,31-29-,35-34-,38-37-,44-42-,67-65+. The maximum Gasteiger partial charge on any atom is 0.220 e. The van der Waals surface area contributed by atoms with Gasteiger partial charge in [0.15, 0.2) is 12.6 Å². The first kappa shape index (κ1) is 90.7. The smallest absolute Gasteiger partial charge is 0.220 e. The van der Waals surface area contributed by atoms with E-state index in [0.29, 0.717) is 6.42 Å². The van der Waals surface area contributed by atoms with Crippen molar-refractivity contribution in [3.8, 4) is 0 Å². The maximum absolute atomic E-state index is 13.4. The zero-order chi connectivity index (χ0) is 70.8. The lowest BCUT2D eigenvalue weighted by atomic mass is 9.97. The van der Waals surface area contributed by atoms with Crippen LogP contribution in [0.15, 0.2) is 109 Å². The van der Waals surface area contributed by atoms with E-state index in [9.17, 15) is 45.6 Å². The Balaban J connectivity index is 1.64. The second-order valence-electron chi connectivity index (χ2n) is 27.8. The van der Waals surface area contributed by atoms with Crippen LogP contribution in [0.4, 0.5) is 0 Å². The Hall–Kier alpha value is -3.35. The number of allylic oxidation sites excluding steroid dienone is 17. The van der Waals surface area contributed by atoms with Crippen molar-refractivity contribution in [1.82, 2.24) is 5.32 Å². The van der Waals surface area contributed by atoms with Gasteiger partial charge in [0.1, 0.15) is 48.8 Å². The van der Waals surface area contributed by atoms with E-state index in [2.05, 4.69) is 116 Å². The topological polar surface area (TPSA) is 228 Å². The lowest BCUT2D eigenvalue weighted by molar-refractivity contribution is -0.359. The number of aliphatic hydroxyl groups is 8. The van der Waals surface area contributed by atoms with Gasteiger partial charge in [0, 0.05) is 6.42 Å². The summed E-state index contributed by atoms with van der Waals surface area (Å²) in [6.45, 7) is 2.72. The van der Waals surface area contributed by atoms with Crippen molar-refractivity contribution >= 4 is 5.91 Å². The molecule has 2 fully saturated rings. The molecule has 0 spiro atoms. The summed E-state index contributed by atoms with van der Waals surface area (Å²) in [5.74, 6) is -0.244. The fourth-order valence-corrected chi connectivity index (χ4v) is 12.7. The first-order valence-electron chi connectivity index (χ1n) is 40.1. The van der Waals surface area contributed by atoms with Crippen molar-refractivity contribution < 1.29 is 64.6 Å². The molecule has 2 aliphatic heterocycles. The first-order valence-corrected chi connectivity index (χ1v) is 40.1. The van der Waals surface area contributed by atoms with Crippen molar-refractivity contribution in [3.05, 3.63) is 109 Å². The number of ether oxygens (including phenoxy) is 4. The molecule has 14 nitrogen and oxygen atoms in total. The van der Waals surface area contributed by atoms with E-state index in [1.807, 2.05) is 6.08 Å². The maximum atomic E-state index is 13.4. The van der Waals surface area contributed by atoms with Crippen LogP contribution in [0.5, 0.6) is 0 Å². The zero-order valence-electron chi connectivity index (χ0n) is 62.0. The van der Waals surface area contributed by atoms with Gasteiger partial charge in [-0.1, -0.05) is 342 Å². The van der Waals surface area contributed by atoms with Crippen LogP contribution < -0.4 is 5.32 Å². The predicted octanol–water partition coefficient (Wildman–Crippen LogP) is 18.2. The van der Waals surface area contributed by atoms with E-state index >= 15 is 0 Å². The van der Waals surface area contributed by atoms with E-state index in [4.69, 9.17) is 18.9 Å². The summed E-state index contributed by atoms with van der Waals surface area (Å²) in [6, 6.07) is -0.926. The van der Waals surface area contributed by atoms with E-state index in [1.54, 1.807) is 6.08 Å². The Kier molecular flexibility index (Phi) is 61.9. The van der Waals surface area contributed by atoms with Gasteiger partial charge in [0.25, 0.3) is 0 Å². The van der Waals surface area contributed by atoms with Crippen LogP contribution in [0, 0.1) is 0 Å². The highest BCUT2D eigenvalue weighted by Gasteiger charge is 2.51. The van der Waals surface area contributed by atoms with Crippen molar-refractivity contribution in [1.29, 1.82) is 0 Å². The van der Waals surface area contributed by atoms with Gasteiger partial charge < -0.3 is 65.1 Å². The minimum absolute atomic E-state index is 0.244. The molecule has 0 saturated carbocycles. The summed E-state index contributed by atoms with van der Waals surface area (Å²) in [5.41, 5.74) is 0. The highest BCUT2D eigenvalue weighted by Crippen LogP contribution is 2.30. The largest absolute Gasteiger partial charge is 0.394 e. The third kappa shape index (κ3) is 49.3. The molecule has 12 unspecified atom stereocenters. The molecule has 2 saturated heterocycles. The van der Waals surface area contributed by atoms with Gasteiger partial charge in [-0.15, -0.1) is 0 Å². The fraction of sp³-hybridized carbons (Fsp3) is 0.774. The molecule has 0 bridgehead atoms. The third-order valence-corrected chi connectivity index (χ3v) is 19.0. The zero-order valence-corrected chi connectivity index (χ0v) is 62.0. The Labute approximate surface area is 597 Å². The minimum Gasteiger partial charge on any atom is -0.394 e. The number of carbonyl (C=O) groups excluding carboxylic acids is 1.